The van der Waals surface area contributed by atoms with Gasteiger partial charge in [-0.05, 0) is 46.1 Å². The smallest absolute Gasteiger partial charge is 0.349 e. The summed E-state index contributed by atoms with van der Waals surface area (Å²) >= 11 is 0. The van der Waals surface area contributed by atoms with Crippen molar-refractivity contribution in [2.24, 2.45) is 0 Å². The third-order valence-corrected chi connectivity index (χ3v) is 2.94. The number of nitrogens with zero attached hydrogens (tertiary/aromatic N) is 1. The fourth-order valence-corrected chi connectivity index (χ4v) is 1.75. The van der Waals surface area contributed by atoms with Crippen LogP contribution in [0.2, 0.25) is 0 Å². The summed E-state index contributed by atoms with van der Waals surface area (Å²) in [4.78, 5) is 13.8. The molecule has 21 heavy (non-hydrogen) atoms. The van der Waals surface area contributed by atoms with Crippen molar-refractivity contribution in [3.05, 3.63) is 35.1 Å². The molecule has 7 heteroatoms. The topological polar surface area (TPSA) is 32.3 Å². The fraction of sp³-hybridized carbons (Fsp3) is 0.500. The number of benzene rings is 1. The summed E-state index contributed by atoms with van der Waals surface area (Å²) in [6.07, 6.45) is -4.21. The van der Waals surface area contributed by atoms with E-state index in [4.69, 9.17) is 0 Å². The molecule has 1 rings (SSSR count). The third kappa shape index (κ3) is 5.00. The average molecular weight is 306 g/mol. The van der Waals surface area contributed by atoms with Gasteiger partial charge in [-0.3, -0.25) is 4.79 Å². The monoisotopic (exact) mass is 306 g/mol. The van der Waals surface area contributed by atoms with Gasteiger partial charge in [0.25, 0.3) is 5.91 Å². The van der Waals surface area contributed by atoms with Gasteiger partial charge in [-0.15, -0.1) is 0 Å². The van der Waals surface area contributed by atoms with Crippen LogP contribution in [0.3, 0.4) is 0 Å². The standard InChI is InChI=1S/C14H18F4N2O/c1-9(7-8-20(2)3)19-13(21)10-5-4-6-11(12(10)15)14(16,17)18/h4-6,9H,7-8H2,1-3H3,(H,19,21)/t9-/m0/s1. The van der Waals surface area contributed by atoms with Gasteiger partial charge < -0.3 is 10.2 Å². The highest BCUT2D eigenvalue weighted by atomic mass is 19.4. The van der Waals surface area contributed by atoms with Crippen LogP contribution >= 0.6 is 0 Å². The number of hydrogen-bond donors (Lipinski definition) is 1. The summed E-state index contributed by atoms with van der Waals surface area (Å²) < 4.78 is 51.6. The molecule has 0 heterocycles. The molecular weight excluding hydrogens is 288 g/mol. The predicted molar refractivity (Wildman–Crippen MR) is 71.5 cm³/mol. The zero-order valence-corrected chi connectivity index (χ0v) is 12.1. The van der Waals surface area contributed by atoms with Crippen LogP contribution in [-0.2, 0) is 6.18 Å². The van der Waals surface area contributed by atoms with Crippen molar-refractivity contribution >= 4 is 5.91 Å². The molecule has 0 saturated carbocycles. The summed E-state index contributed by atoms with van der Waals surface area (Å²) in [7, 11) is 3.72. The third-order valence-electron chi connectivity index (χ3n) is 2.94. The maximum absolute atomic E-state index is 13.8. The Hall–Kier alpha value is -1.63. The van der Waals surface area contributed by atoms with Crippen LogP contribution in [0, 0.1) is 5.82 Å². The Morgan fingerprint density at radius 1 is 1.33 bits per heavy atom. The van der Waals surface area contributed by atoms with Crippen LogP contribution < -0.4 is 5.32 Å². The number of alkyl halides is 3. The molecule has 1 aromatic rings. The maximum atomic E-state index is 13.8. The Morgan fingerprint density at radius 2 is 1.95 bits per heavy atom. The lowest BCUT2D eigenvalue weighted by molar-refractivity contribution is -0.140. The van der Waals surface area contributed by atoms with Crippen molar-refractivity contribution in [1.82, 2.24) is 10.2 Å². The lowest BCUT2D eigenvalue weighted by atomic mass is 10.1. The molecule has 0 aliphatic rings. The van der Waals surface area contributed by atoms with Gasteiger partial charge in [0, 0.05) is 6.04 Å². The van der Waals surface area contributed by atoms with Crippen molar-refractivity contribution in [3.8, 4) is 0 Å². The molecule has 3 nitrogen and oxygen atoms in total. The molecule has 0 radical (unpaired) electrons. The molecule has 0 aliphatic carbocycles. The molecule has 1 N–H and O–H groups in total. The Labute approximate surface area is 120 Å². The molecule has 1 aromatic carbocycles. The quantitative estimate of drug-likeness (QED) is 0.848. The van der Waals surface area contributed by atoms with Gasteiger partial charge in [0.2, 0.25) is 0 Å². The highest BCUT2D eigenvalue weighted by molar-refractivity contribution is 5.94. The van der Waals surface area contributed by atoms with Crippen LogP contribution in [0.4, 0.5) is 17.6 Å². The van der Waals surface area contributed by atoms with E-state index in [1.807, 2.05) is 19.0 Å². The second kappa shape index (κ2) is 6.89. The Kier molecular flexibility index (Phi) is 5.71. The summed E-state index contributed by atoms with van der Waals surface area (Å²) in [5, 5.41) is 2.50. The molecule has 0 fully saturated rings. The number of carbonyl (C=O) groups is 1. The molecule has 0 aliphatic heterocycles. The highest BCUT2D eigenvalue weighted by Crippen LogP contribution is 2.32. The highest BCUT2D eigenvalue weighted by Gasteiger charge is 2.35. The first kappa shape index (κ1) is 17.4. The maximum Gasteiger partial charge on any atom is 0.419 e. The van der Waals surface area contributed by atoms with Gasteiger partial charge in [-0.25, -0.2) is 4.39 Å². The molecule has 0 aromatic heterocycles. The summed E-state index contributed by atoms with van der Waals surface area (Å²) in [6, 6.07) is 2.40. The van der Waals surface area contributed by atoms with Crippen LogP contribution in [-0.4, -0.2) is 37.5 Å². The minimum Gasteiger partial charge on any atom is -0.349 e. The number of nitrogens with one attached hydrogen (secondary N) is 1. The first-order valence-electron chi connectivity index (χ1n) is 6.44. The van der Waals surface area contributed by atoms with E-state index in [1.54, 1.807) is 6.92 Å². The number of rotatable bonds is 5. The van der Waals surface area contributed by atoms with Crippen molar-refractivity contribution in [2.75, 3.05) is 20.6 Å². The zero-order valence-electron chi connectivity index (χ0n) is 12.1. The molecular formula is C14H18F4N2O. The summed E-state index contributed by atoms with van der Waals surface area (Å²) in [6.45, 7) is 2.42. The summed E-state index contributed by atoms with van der Waals surface area (Å²) in [5.41, 5.74) is -2.03. The van der Waals surface area contributed by atoms with Crippen molar-refractivity contribution in [2.45, 2.75) is 25.6 Å². The number of carbonyl (C=O) groups excluding carboxylic acids is 1. The Balaban J connectivity index is 2.84. The molecule has 0 unspecified atom stereocenters. The number of halogens is 4. The van der Waals surface area contributed by atoms with E-state index in [1.165, 1.54) is 0 Å². The van der Waals surface area contributed by atoms with Crippen LogP contribution in [0.15, 0.2) is 18.2 Å². The lowest BCUT2D eigenvalue weighted by Gasteiger charge is -2.17. The first-order chi connectivity index (χ1) is 9.62. The van der Waals surface area contributed by atoms with E-state index in [9.17, 15) is 22.4 Å². The van der Waals surface area contributed by atoms with Gasteiger partial charge in [0.05, 0.1) is 11.1 Å². The van der Waals surface area contributed by atoms with Crippen molar-refractivity contribution < 1.29 is 22.4 Å². The van der Waals surface area contributed by atoms with Crippen LogP contribution in [0.25, 0.3) is 0 Å². The molecule has 0 spiro atoms. The van der Waals surface area contributed by atoms with E-state index < -0.39 is 29.0 Å². The van der Waals surface area contributed by atoms with Crippen LogP contribution in [0.1, 0.15) is 29.3 Å². The Morgan fingerprint density at radius 3 is 2.48 bits per heavy atom. The van der Waals surface area contributed by atoms with Crippen molar-refractivity contribution in [1.29, 1.82) is 0 Å². The van der Waals surface area contributed by atoms with Gasteiger partial charge in [0.15, 0.2) is 0 Å². The molecule has 118 valence electrons. The molecule has 1 atom stereocenters. The second-order valence-corrected chi connectivity index (χ2v) is 5.13. The van der Waals surface area contributed by atoms with Gasteiger partial charge in [-0.2, -0.15) is 13.2 Å². The van der Waals surface area contributed by atoms with Crippen LogP contribution in [0.5, 0.6) is 0 Å². The van der Waals surface area contributed by atoms with Gasteiger partial charge in [-0.1, -0.05) is 6.07 Å². The average Bonchev–Trinajstić information content (AvgIpc) is 2.35. The normalized spacial score (nSPS) is 13.3. The second-order valence-electron chi connectivity index (χ2n) is 5.13. The zero-order chi connectivity index (χ0) is 16.2. The number of hydrogen-bond acceptors (Lipinski definition) is 2. The SMILES string of the molecule is C[C@@H](CCN(C)C)NC(=O)c1cccc(C(F)(F)F)c1F. The van der Waals surface area contributed by atoms with E-state index in [0.717, 1.165) is 12.1 Å². The molecule has 0 bridgehead atoms. The molecule has 1 amide bonds. The van der Waals surface area contributed by atoms with E-state index in [2.05, 4.69) is 5.32 Å². The van der Waals surface area contributed by atoms with Crippen molar-refractivity contribution in [3.63, 3.8) is 0 Å². The number of amides is 1. The predicted octanol–water partition coefficient (Wildman–Crippen LogP) is 2.91. The minimum atomic E-state index is -4.82. The van der Waals surface area contributed by atoms with E-state index in [-0.39, 0.29) is 6.04 Å². The minimum absolute atomic E-state index is 0.270. The van der Waals surface area contributed by atoms with Gasteiger partial charge in [0.1, 0.15) is 5.82 Å². The lowest BCUT2D eigenvalue weighted by Crippen LogP contribution is -2.35. The van der Waals surface area contributed by atoms with E-state index in [0.29, 0.717) is 19.0 Å². The largest absolute Gasteiger partial charge is 0.419 e. The first-order valence-corrected chi connectivity index (χ1v) is 6.44. The van der Waals surface area contributed by atoms with E-state index >= 15 is 0 Å². The summed E-state index contributed by atoms with van der Waals surface area (Å²) in [5.74, 6) is -2.38. The Bertz CT molecular complexity index is 500. The molecule has 0 saturated heterocycles. The fourth-order valence-electron chi connectivity index (χ4n) is 1.75. The van der Waals surface area contributed by atoms with Gasteiger partial charge >= 0.3 is 6.18 Å².